The Morgan fingerprint density at radius 2 is 0.918 bits per heavy atom. The largest absolute Gasteiger partial charge is 0.308 e. The van der Waals surface area contributed by atoms with Gasteiger partial charge in [0.2, 0.25) is 0 Å². The third-order valence-electron chi connectivity index (χ3n) is 19.2. The maximum absolute atomic E-state index is 11.4. The molecule has 0 saturated heterocycles. The number of nitriles is 2. The third-order valence-corrected chi connectivity index (χ3v) is 19.2. The number of fused-ring (bicyclic) bond motifs is 6. The molecule has 4 unspecified atom stereocenters. The lowest BCUT2D eigenvalue weighted by molar-refractivity contribution is -0.0257. The van der Waals surface area contributed by atoms with Crippen LogP contribution in [0.3, 0.4) is 0 Å². The number of hydrogen-bond donors (Lipinski definition) is 0. The Bertz CT molecular complexity index is 3140. The molecule has 1 spiro atoms. The molecule has 8 bridgehead atoms. The van der Waals surface area contributed by atoms with E-state index in [-0.39, 0.29) is 0 Å². The molecule has 2 aromatic heterocycles. The van der Waals surface area contributed by atoms with Gasteiger partial charge in [0, 0.05) is 21.5 Å². The number of rotatable bonds is 2. The fourth-order valence-electron chi connectivity index (χ4n) is 17.5. The third kappa shape index (κ3) is 4.35. The first-order valence-corrected chi connectivity index (χ1v) is 24.1. The molecule has 0 radical (unpaired) electrons. The van der Waals surface area contributed by atoms with Gasteiger partial charge in [0.25, 0.3) is 0 Å². The Labute approximate surface area is 360 Å². The van der Waals surface area contributed by atoms with Crippen molar-refractivity contribution in [3.8, 4) is 34.4 Å². The average Bonchev–Trinajstić information content (AvgIpc) is 3.85. The number of nitrogens with zero attached hydrogens (tertiary/aromatic N) is 3. The molecule has 3 nitrogen and oxygen atoms in total. The highest BCUT2D eigenvalue weighted by Crippen LogP contribution is 2.70. The van der Waals surface area contributed by atoms with Gasteiger partial charge in [0.1, 0.15) is 0 Å². The maximum atomic E-state index is 11.4. The highest BCUT2D eigenvalue weighted by molar-refractivity contribution is 6.32. The molecule has 3 heteroatoms. The molecule has 61 heavy (non-hydrogen) atoms. The van der Waals surface area contributed by atoms with Gasteiger partial charge in [-0.15, -0.1) is 0 Å². The summed E-state index contributed by atoms with van der Waals surface area (Å²) < 4.78 is 2.63. The first-order chi connectivity index (χ1) is 29.8. The van der Waals surface area contributed by atoms with E-state index in [0.717, 1.165) is 34.8 Å². The normalized spacial score (nSPS) is 28.9. The van der Waals surface area contributed by atoms with Gasteiger partial charge in [-0.1, -0.05) is 49.2 Å². The van der Waals surface area contributed by atoms with E-state index < -0.39 is 0 Å². The quantitative estimate of drug-likeness (QED) is 0.175. The zero-order valence-corrected chi connectivity index (χ0v) is 36.3. The summed E-state index contributed by atoms with van der Waals surface area (Å²) in [4.78, 5) is 0. The van der Waals surface area contributed by atoms with Crippen LogP contribution < -0.4 is 0 Å². The smallest absolute Gasteiger partial charge is 0.0995 e. The number of benzene rings is 5. The second-order valence-corrected chi connectivity index (χ2v) is 21.9. The fraction of sp³-hybridized carbons (Fsp3) is 0.448. The Kier molecular flexibility index (Phi) is 7.02. The Balaban J connectivity index is 1.22. The molecule has 2 heterocycles. The van der Waals surface area contributed by atoms with Gasteiger partial charge in [-0.2, -0.15) is 10.5 Å². The van der Waals surface area contributed by atoms with Gasteiger partial charge in [-0.3, -0.25) is 0 Å². The topological polar surface area (TPSA) is 52.0 Å². The van der Waals surface area contributed by atoms with Crippen LogP contribution in [0, 0.1) is 79.4 Å². The fourth-order valence-corrected chi connectivity index (χ4v) is 17.5. The lowest BCUT2D eigenvalue weighted by atomic mass is 9.51. The molecule has 7 aromatic rings. The van der Waals surface area contributed by atoms with Crippen molar-refractivity contribution in [2.75, 3.05) is 0 Å². The van der Waals surface area contributed by atoms with E-state index in [2.05, 4.69) is 98.8 Å². The van der Waals surface area contributed by atoms with Crippen molar-refractivity contribution in [2.45, 2.75) is 135 Å². The summed E-state index contributed by atoms with van der Waals surface area (Å²) >= 11 is 0. The van der Waals surface area contributed by atoms with Crippen LogP contribution in [0.5, 0.6) is 0 Å². The summed E-state index contributed by atoms with van der Waals surface area (Å²) in [6.45, 7) is 9.25. The van der Waals surface area contributed by atoms with Gasteiger partial charge < -0.3 is 4.40 Å². The lowest BCUT2D eigenvalue weighted by Gasteiger charge is -2.54. The summed E-state index contributed by atoms with van der Waals surface area (Å²) in [6.07, 6.45) is 17.0. The van der Waals surface area contributed by atoms with Gasteiger partial charge in [0.15, 0.2) is 0 Å². The van der Waals surface area contributed by atoms with Gasteiger partial charge in [0.05, 0.1) is 39.8 Å². The van der Waals surface area contributed by atoms with E-state index in [0.29, 0.717) is 29.1 Å². The van der Waals surface area contributed by atoms with Crippen LogP contribution in [0.2, 0.25) is 0 Å². The molecular formula is C58H55N3. The SMILES string of the molecule is Cc1cccc(C)c1-c1cc(-c2c(C)cccc2C)c2c3c4c(c(C#N)cc3n3c5cc(C#N)c6c(c5c1c23)C1CC2CC(CC6C2)C1)C1CC2CC4CC(C1)C21CCCC1. The maximum Gasteiger partial charge on any atom is 0.0995 e. The van der Waals surface area contributed by atoms with E-state index in [1.807, 2.05) is 0 Å². The summed E-state index contributed by atoms with van der Waals surface area (Å²) in [5.74, 6) is 4.90. The molecular weight excluding hydrogens is 739 g/mol. The van der Waals surface area contributed by atoms with Crippen molar-refractivity contribution in [1.82, 2.24) is 4.40 Å². The van der Waals surface area contributed by atoms with Crippen molar-refractivity contribution in [1.29, 1.82) is 10.5 Å². The van der Waals surface area contributed by atoms with E-state index in [9.17, 15) is 10.5 Å². The van der Waals surface area contributed by atoms with Crippen molar-refractivity contribution in [3.05, 3.63) is 110 Å². The minimum absolute atomic E-state index is 0.458. The summed E-state index contributed by atoms with van der Waals surface area (Å²) in [5, 5.41) is 28.2. The van der Waals surface area contributed by atoms with Crippen LogP contribution in [0.25, 0.3) is 60.3 Å². The van der Waals surface area contributed by atoms with Crippen LogP contribution in [0.15, 0.2) is 54.6 Å². The van der Waals surface area contributed by atoms with Crippen LogP contribution >= 0.6 is 0 Å². The zero-order chi connectivity index (χ0) is 40.8. The predicted molar refractivity (Wildman–Crippen MR) is 248 cm³/mol. The van der Waals surface area contributed by atoms with Gasteiger partial charge in [-0.05, 0) is 236 Å². The van der Waals surface area contributed by atoms with Crippen LogP contribution in [-0.2, 0) is 0 Å². The minimum Gasteiger partial charge on any atom is -0.308 e. The molecule has 16 rings (SSSR count). The van der Waals surface area contributed by atoms with Crippen molar-refractivity contribution < 1.29 is 0 Å². The first-order valence-electron chi connectivity index (χ1n) is 24.1. The van der Waals surface area contributed by atoms with E-state index in [4.69, 9.17) is 0 Å². The van der Waals surface area contributed by atoms with E-state index in [1.54, 1.807) is 0 Å². The summed E-state index contributed by atoms with van der Waals surface area (Å²) in [7, 11) is 0. The highest BCUT2D eigenvalue weighted by atomic mass is 14.9. The summed E-state index contributed by atoms with van der Waals surface area (Å²) in [6, 6.07) is 26.8. The molecule has 302 valence electrons. The van der Waals surface area contributed by atoms with E-state index in [1.165, 1.54) is 188 Å². The van der Waals surface area contributed by atoms with Crippen molar-refractivity contribution in [3.63, 3.8) is 0 Å². The Morgan fingerprint density at radius 3 is 1.36 bits per heavy atom. The van der Waals surface area contributed by atoms with E-state index >= 15 is 0 Å². The highest BCUT2D eigenvalue weighted by Gasteiger charge is 2.58. The van der Waals surface area contributed by atoms with Gasteiger partial charge >= 0.3 is 0 Å². The second kappa shape index (κ2) is 12.1. The van der Waals surface area contributed by atoms with Crippen molar-refractivity contribution >= 4 is 38.1 Å². The predicted octanol–water partition coefficient (Wildman–Crippen LogP) is 15.1. The molecule has 4 atom stereocenters. The number of aryl methyl sites for hydroxylation is 4. The minimum atomic E-state index is 0.458. The van der Waals surface area contributed by atoms with Crippen molar-refractivity contribution in [2.24, 2.45) is 29.1 Å². The average molecular weight is 794 g/mol. The first kappa shape index (κ1) is 35.5. The Hall–Kier alpha value is -5.12. The molecule has 0 N–H and O–H groups in total. The zero-order valence-electron chi connectivity index (χ0n) is 36.3. The molecule has 0 aliphatic heterocycles. The molecule has 9 aliphatic carbocycles. The van der Waals surface area contributed by atoms with Gasteiger partial charge in [-0.25, -0.2) is 0 Å². The number of aromatic nitrogens is 1. The standard InChI is InChI=1S/C58H55N3/c1-29-9-7-10-30(2)47(29)43-26-44(48-31(3)11-8-12-32(48)4)54-56-46(25-40(28-60)50-37-20-41-22-38(52(50)56)23-42(21-37)58(41)13-5-6-14-58)61-45-24-39(27-59)49-35-16-33-15-34(17-35)19-36(18-33)51(49)55(45)53(43)57(54)61/h7-12,24-26,33-38,41-42H,5-6,13-23H2,1-4H3. The van der Waals surface area contributed by atoms with Crippen LogP contribution in [0.1, 0.15) is 163 Å². The lowest BCUT2D eigenvalue weighted by Crippen LogP contribution is -2.44. The number of hydrogen-bond acceptors (Lipinski definition) is 2. The monoisotopic (exact) mass is 793 g/mol. The Morgan fingerprint density at radius 1 is 0.508 bits per heavy atom. The second-order valence-electron chi connectivity index (χ2n) is 21.9. The van der Waals surface area contributed by atoms with Crippen LogP contribution in [-0.4, -0.2) is 4.40 Å². The molecule has 5 fully saturated rings. The molecule has 5 saturated carbocycles. The summed E-state index contributed by atoms with van der Waals surface area (Å²) in [5.41, 5.74) is 22.6. The van der Waals surface area contributed by atoms with Crippen LogP contribution in [0.4, 0.5) is 0 Å². The molecule has 9 aliphatic rings. The molecule has 5 aromatic carbocycles. The molecule has 0 amide bonds.